The number of ether oxygens (including phenoxy) is 1. The van der Waals surface area contributed by atoms with Gasteiger partial charge in [-0.25, -0.2) is 4.39 Å². The zero-order valence-electron chi connectivity index (χ0n) is 13.3. The molecule has 8 nitrogen and oxygen atoms in total. The largest absolute Gasteiger partial charge is 0.481 e. The summed E-state index contributed by atoms with van der Waals surface area (Å²) in [5.74, 6) is -0.392. The lowest BCUT2D eigenvalue weighted by molar-refractivity contribution is -0.123. The average Bonchev–Trinajstić information content (AvgIpc) is 3.08. The minimum absolute atomic E-state index is 0.00769. The molecule has 0 saturated carbocycles. The van der Waals surface area contributed by atoms with Gasteiger partial charge in [0.05, 0.1) is 6.54 Å². The van der Waals surface area contributed by atoms with Crippen LogP contribution in [0.4, 0.5) is 4.39 Å². The first-order chi connectivity index (χ1) is 12.1. The Morgan fingerprint density at radius 1 is 1.44 bits per heavy atom. The van der Waals surface area contributed by atoms with Crippen molar-refractivity contribution in [1.29, 1.82) is 0 Å². The number of amides is 2. The zero-order chi connectivity index (χ0) is 17.6. The molecule has 0 bridgehead atoms. The van der Waals surface area contributed by atoms with Crippen LogP contribution in [0.15, 0.2) is 28.8 Å². The van der Waals surface area contributed by atoms with Gasteiger partial charge in [0.2, 0.25) is 11.8 Å². The van der Waals surface area contributed by atoms with Gasteiger partial charge in [0.1, 0.15) is 0 Å². The Morgan fingerprint density at radius 3 is 3.08 bits per heavy atom. The van der Waals surface area contributed by atoms with Crippen LogP contribution in [-0.4, -0.2) is 35.1 Å². The number of nitrogens with zero attached hydrogens (tertiary/aromatic N) is 2. The van der Waals surface area contributed by atoms with E-state index in [1.54, 1.807) is 6.07 Å². The van der Waals surface area contributed by atoms with Crippen LogP contribution in [0.3, 0.4) is 0 Å². The lowest BCUT2D eigenvalue weighted by Crippen LogP contribution is -2.33. The molecule has 9 heteroatoms. The van der Waals surface area contributed by atoms with E-state index in [2.05, 4.69) is 20.8 Å². The topological polar surface area (TPSA) is 106 Å². The number of hydrogen-bond acceptors (Lipinski definition) is 6. The molecule has 2 N–H and O–H groups in total. The molecule has 0 aliphatic carbocycles. The number of para-hydroxylation sites is 1. The highest BCUT2D eigenvalue weighted by Gasteiger charge is 2.25. The Kier molecular flexibility index (Phi) is 5.22. The maximum atomic E-state index is 13.4. The van der Waals surface area contributed by atoms with Crippen LogP contribution in [0.5, 0.6) is 5.75 Å². The van der Waals surface area contributed by atoms with Gasteiger partial charge < -0.3 is 19.9 Å². The molecule has 2 amide bonds. The van der Waals surface area contributed by atoms with E-state index in [4.69, 9.17) is 9.26 Å². The first-order valence-corrected chi connectivity index (χ1v) is 7.85. The number of benzene rings is 1. The van der Waals surface area contributed by atoms with E-state index in [-0.39, 0.29) is 36.6 Å². The number of halogens is 1. The third-order valence-electron chi connectivity index (χ3n) is 3.73. The summed E-state index contributed by atoms with van der Waals surface area (Å²) in [7, 11) is 0. The Bertz CT molecular complexity index is 764. The van der Waals surface area contributed by atoms with Crippen molar-refractivity contribution >= 4 is 11.8 Å². The molecule has 2 aromatic rings. The Morgan fingerprint density at radius 2 is 2.28 bits per heavy atom. The molecule has 2 heterocycles. The molecule has 1 aliphatic heterocycles. The second-order valence-corrected chi connectivity index (χ2v) is 5.58. The number of aromatic nitrogens is 2. The predicted molar refractivity (Wildman–Crippen MR) is 83.0 cm³/mol. The quantitative estimate of drug-likeness (QED) is 0.803. The average molecular weight is 348 g/mol. The van der Waals surface area contributed by atoms with Gasteiger partial charge in [-0.3, -0.25) is 9.59 Å². The predicted octanol–water partition coefficient (Wildman–Crippen LogP) is 0.897. The van der Waals surface area contributed by atoms with E-state index >= 15 is 0 Å². The fourth-order valence-corrected chi connectivity index (χ4v) is 2.44. The zero-order valence-corrected chi connectivity index (χ0v) is 13.3. The highest BCUT2D eigenvalue weighted by molar-refractivity contribution is 5.77. The number of carbonyl (C=O) groups excluding carboxylic acids is 2. The van der Waals surface area contributed by atoms with Crippen molar-refractivity contribution in [2.75, 3.05) is 13.2 Å². The highest BCUT2D eigenvalue weighted by atomic mass is 19.1. The van der Waals surface area contributed by atoms with Crippen molar-refractivity contribution in [3.63, 3.8) is 0 Å². The third kappa shape index (κ3) is 4.52. The van der Waals surface area contributed by atoms with E-state index in [9.17, 15) is 14.0 Å². The third-order valence-corrected chi connectivity index (χ3v) is 3.73. The van der Waals surface area contributed by atoms with E-state index < -0.39 is 11.7 Å². The number of rotatable bonds is 6. The molecule has 3 rings (SSSR count). The number of carbonyl (C=O) groups is 2. The lowest BCUT2D eigenvalue weighted by atomic mass is 9.97. The van der Waals surface area contributed by atoms with Gasteiger partial charge in [-0.2, -0.15) is 4.98 Å². The van der Waals surface area contributed by atoms with E-state index in [0.717, 1.165) is 6.42 Å². The summed E-state index contributed by atoms with van der Waals surface area (Å²) in [4.78, 5) is 27.3. The Labute approximate surface area is 142 Å². The highest BCUT2D eigenvalue weighted by Crippen LogP contribution is 2.22. The normalized spacial score (nSPS) is 17.0. The summed E-state index contributed by atoms with van der Waals surface area (Å²) < 4.78 is 23.6. The molecule has 0 radical (unpaired) electrons. The van der Waals surface area contributed by atoms with Crippen LogP contribution in [0.25, 0.3) is 0 Å². The van der Waals surface area contributed by atoms with Crippen molar-refractivity contribution in [3.05, 3.63) is 41.8 Å². The number of hydrogen-bond donors (Lipinski definition) is 2. The van der Waals surface area contributed by atoms with Crippen molar-refractivity contribution in [3.8, 4) is 5.75 Å². The van der Waals surface area contributed by atoms with Crippen molar-refractivity contribution in [2.24, 2.45) is 0 Å². The van der Waals surface area contributed by atoms with Gasteiger partial charge in [-0.15, -0.1) is 0 Å². The molecule has 25 heavy (non-hydrogen) atoms. The second-order valence-electron chi connectivity index (χ2n) is 5.58. The number of nitrogens with one attached hydrogen (secondary N) is 2. The summed E-state index contributed by atoms with van der Waals surface area (Å²) in [5.41, 5.74) is 0. The van der Waals surface area contributed by atoms with Crippen LogP contribution >= 0.6 is 0 Å². The van der Waals surface area contributed by atoms with E-state index in [1.807, 2.05) is 0 Å². The minimum Gasteiger partial charge on any atom is -0.481 e. The lowest BCUT2D eigenvalue weighted by Gasteiger charge is -2.18. The first-order valence-electron chi connectivity index (χ1n) is 7.85. The fourth-order valence-electron chi connectivity index (χ4n) is 2.44. The second kappa shape index (κ2) is 7.73. The summed E-state index contributed by atoms with van der Waals surface area (Å²) in [6, 6.07) is 5.83. The molecule has 1 atom stereocenters. The standard InChI is InChI=1S/C16H17FN4O4/c17-11-3-1-2-4-12(11)24-9-14(23)19-8-15-20-16(21-25-15)10-5-6-18-13(22)7-10/h1-4,10H,5-9H2,(H,18,22)(H,19,23). The van der Waals surface area contributed by atoms with Crippen molar-refractivity contribution < 1.29 is 23.2 Å². The van der Waals surface area contributed by atoms with Gasteiger partial charge >= 0.3 is 0 Å². The summed E-state index contributed by atoms with van der Waals surface area (Å²) >= 11 is 0. The molecule has 132 valence electrons. The minimum atomic E-state index is -0.534. The number of piperidine rings is 1. The van der Waals surface area contributed by atoms with E-state index in [0.29, 0.717) is 18.8 Å². The maximum Gasteiger partial charge on any atom is 0.258 e. The van der Waals surface area contributed by atoms with Crippen LogP contribution in [0, 0.1) is 5.82 Å². The first kappa shape index (κ1) is 16.9. The molecule has 1 unspecified atom stereocenters. The molecular formula is C16H17FN4O4. The molecule has 1 fully saturated rings. The van der Waals surface area contributed by atoms with E-state index in [1.165, 1.54) is 18.2 Å². The Hall–Kier alpha value is -2.97. The fraction of sp³-hybridized carbons (Fsp3) is 0.375. The summed E-state index contributed by atoms with van der Waals surface area (Å²) in [6.07, 6.45) is 1.06. The van der Waals surface area contributed by atoms with Gasteiger partial charge in [-0.1, -0.05) is 17.3 Å². The summed E-state index contributed by atoms with van der Waals surface area (Å²) in [5, 5.41) is 9.15. The molecule has 1 aromatic heterocycles. The molecule has 1 saturated heterocycles. The molecular weight excluding hydrogens is 331 g/mol. The molecule has 1 aromatic carbocycles. The molecule has 0 spiro atoms. The van der Waals surface area contributed by atoms with Crippen molar-refractivity contribution in [2.45, 2.75) is 25.3 Å². The van der Waals surface area contributed by atoms with Crippen LogP contribution < -0.4 is 15.4 Å². The van der Waals surface area contributed by atoms with Crippen LogP contribution in [0.2, 0.25) is 0 Å². The maximum absolute atomic E-state index is 13.4. The SMILES string of the molecule is O=C(COc1ccccc1F)NCc1nc(C2CCNC(=O)C2)no1. The van der Waals surface area contributed by atoms with Gasteiger partial charge in [-0.05, 0) is 18.6 Å². The van der Waals surface area contributed by atoms with Crippen LogP contribution in [0.1, 0.15) is 30.5 Å². The Balaban J connectivity index is 1.46. The van der Waals surface area contributed by atoms with Crippen LogP contribution in [-0.2, 0) is 16.1 Å². The molecule has 1 aliphatic rings. The van der Waals surface area contributed by atoms with Gasteiger partial charge in [0, 0.05) is 18.9 Å². The van der Waals surface area contributed by atoms with Crippen molar-refractivity contribution in [1.82, 2.24) is 20.8 Å². The smallest absolute Gasteiger partial charge is 0.258 e. The van der Waals surface area contributed by atoms with Gasteiger partial charge in [0.15, 0.2) is 24.0 Å². The summed E-state index contributed by atoms with van der Waals surface area (Å²) in [6.45, 7) is 0.285. The monoisotopic (exact) mass is 348 g/mol. The van der Waals surface area contributed by atoms with Gasteiger partial charge in [0.25, 0.3) is 5.91 Å².